The Labute approximate surface area is 123 Å². The number of amides is 1. The third-order valence-corrected chi connectivity index (χ3v) is 3.07. The van der Waals surface area contributed by atoms with Crippen molar-refractivity contribution in [1.82, 2.24) is 4.98 Å². The number of nitrogens with one attached hydrogen (secondary N) is 2. The lowest BCUT2D eigenvalue weighted by atomic mass is 10.1. The lowest BCUT2D eigenvalue weighted by molar-refractivity contribution is -0.114. The Bertz CT molecular complexity index is 628. The second kappa shape index (κ2) is 6.39. The smallest absolute Gasteiger partial charge is 0.221 e. The normalized spacial score (nSPS) is 10.2. The van der Waals surface area contributed by atoms with Crippen LogP contribution in [0, 0.1) is 6.92 Å². The van der Waals surface area contributed by atoms with E-state index in [2.05, 4.69) is 15.6 Å². The van der Waals surface area contributed by atoms with E-state index in [1.165, 1.54) is 6.92 Å². The van der Waals surface area contributed by atoms with E-state index in [9.17, 15) is 4.79 Å². The van der Waals surface area contributed by atoms with Crippen molar-refractivity contribution in [3.05, 3.63) is 52.8 Å². The highest BCUT2D eigenvalue weighted by Crippen LogP contribution is 2.22. The molecule has 2 aromatic rings. The number of aryl methyl sites for hydroxylation is 1. The van der Waals surface area contributed by atoms with Gasteiger partial charge < -0.3 is 10.6 Å². The number of aromatic nitrogens is 1. The van der Waals surface area contributed by atoms with E-state index in [0.717, 1.165) is 22.5 Å². The lowest BCUT2D eigenvalue weighted by Gasteiger charge is -2.12. The number of halogens is 1. The van der Waals surface area contributed by atoms with Crippen molar-refractivity contribution in [3.63, 3.8) is 0 Å². The summed E-state index contributed by atoms with van der Waals surface area (Å²) in [7, 11) is 0. The van der Waals surface area contributed by atoms with Crippen LogP contribution in [0.5, 0.6) is 0 Å². The maximum atomic E-state index is 11.2. The average molecular weight is 290 g/mol. The van der Waals surface area contributed by atoms with Gasteiger partial charge in [0.25, 0.3) is 0 Å². The Kier molecular flexibility index (Phi) is 4.58. The summed E-state index contributed by atoms with van der Waals surface area (Å²) in [5, 5.41) is 6.48. The summed E-state index contributed by atoms with van der Waals surface area (Å²) in [6.07, 6.45) is 1.72. The molecule has 0 aliphatic rings. The zero-order valence-electron chi connectivity index (χ0n) is 11.4. The Balaban J connectivity index is 2.14. The molecule has 2 rings (SSSR count). The minimum Gasteiger partial charge on any atom is -0.378 e. The minimum atomic E-state index is -0.0901. The Morgan fingerprint density at radius 1 is 1.30 bits per heavy atom. The van der Waals surface area contributed by atoms with Crippen molar-refractivity contribution in [2.24, 2.45) is 0 Å². The number of hydrogen-bond acceptors (Lipinski definition) is 3. The molecule has 0 saturated heterocycles. The molecule has 104 valence electrons. The molecule has 5 heteroatoms. The van der Waals surface area contributed by atoms with Gasteiger partial charge >= 0.3 is 0 Å². The third kappa shape index (κ3) is 3.71. The zero-order valence-corrected chi connectivity index (χ0v) is 12.2. The molecule has 1 aromatic heterocycles. The van der Waals surface area contributed by atoms with E-state index >= 15 is 0 Å². The standard InChI is InChI=1S/C15H16ClN3O/c1-10-7-14(15(16)18-8-10)17-9-12-5-3-4-6-13(12)19-11(2)20/h3-8,17H,9H2,1-2H3,(H,19,20). The van der Waals surface area contributed by atoms with E-state index < -0.39 is 0 Å². The van der Waals surface area contributed by atoms with Gasteiger partial charge in [0.1, 0.15) is 0 Å². The monoisotopic (exact) mass is 289 g/mol. The van der Waals surface area contributed by atoms with Crippen LogP contribution in [-0.4, -0.2) is 10.9 Å². The number of pyridine rings is 1. The number of carbonyl (C=O) groups excluding carboxylic acids is 1. The van der Waals surface area contributed by atoms with E-state index in [-0.39, 0.29) is 5.91 Å². The first-order valence-electron chi connectivity index (χ1n) is 6.28. The predicted octanol–water partition coefficient (Wildman–Crippen LogP) is 3.61. The number of hydrogen-bond donors (Lipinski definition) is 2. The molecule has 0 aliphatic heterocycles. The summed E-state index contributed by atoms with van der Waals surface area (Å²) in [5.74, 6) is -0.0901. The third-order valence-electron chi connectivity index (χ3n) is 2.77. The van der Waals surface area contributed by atoms with Crippen LogP contribution in [0.4, 0.5) is 11.4 Å². The maximum Gasteiger partial charge on any atom is 0.221 e. The molecule has 0 fully saturated rings. The van der Waals surface area contributed by atoms with Crippen LogP contribution in [0.25, 0.3) is 0 Å². The summed E-state index contributed by atoms with van der Waals surface area (Å²) in [6.45, 7) is 4.01. The molecule has 0 radical (unpaired) electrons. The number of nitrogens with zero attached hydrogens (tertiary/aromatic N) is 1. The van der Waals surface area contributed by atoms with Crippen molar-refractivity contribution in [2.45, 2.75) is 20.4 Å². The summed E-state index contributed by atoms with van der Waals surface area (Å²) >= 11 is 6.04. The summed E-state index contributed by atoms with van der Waals surface area (Å²) in [6, 6.07) is 9.58. The van der Waals surface area contributed by atoms with Crippen molar-refractivity contribution >= 4 is 28.9 Å². The van der Waals surface area contributed by atoms with Crippen LogP contribution in [0.3, 0.4) is 0 Å². The molecular weight excluding hydrogens is 274 g/mol. The SMILES string of the molecule is CC(=O)Nc1ccccc1CNc1cc(C)cnc1Cl. The first kappa shape index (κ1) is 14.3. The van der Waals surface area contributed by atoms with E-state index in [1.807, 2.05) is 37.3 Å². The Hall–Kier alpha value is -2.07. The van der Waals surface area contributed by atoms with Crippen LogP contribution >= 0.6 is 11.6 Å². The average Bonchev–Trinajstić information content (AvgIpc) is 2.41. The first-order chi connectivity index (χ1) is 9.56. The fourth-order valence-corrected chi connectivity index (χ4v) is 2.02. The second-order valence-corrected chi connectivity index (χ2v) is 4.90. The Morgan fingerprint density at radius 2 is 2.05 bits per heavy atom. The van der Waals surface area contributed by atoms with Gasteiger partial charge in [0.2, 0.25) is 5.91 Å². The molecule has 4 nitrogen and oxygen atoms in total. The van der Waals surface area contributed by atoms with Crippen LogP contribution in [0.2, 0.25) is 5.15 Å². The molecule has 0 bridgehead atoms. The van der Waals surface area contributed by atoms with Gasteiger partial charge in [-0.1, -0.05) is 29.8 Å². The number of anilines is 2. The summed E-state index contributed by atoms with van der Waals surface area (Å²) in [5.41, 5.74) is 3.60. The largest absolute Gasteiger partial charge is 0.378 e. The second-order valence-electron chi connectivity index (χ2n) is 4.54. The minimum absolute atomic E-state index is 0.0901. The number of benzene rings is 1. The molecule has 0 spiro atoms. The first-order valence-corrected chi connectivity index (χ1v) is 6.65. The van der Waals surface area contributed by atoms with Gasteiger partial charge in [-0.3, -0.25) is 4.79 Å². The van der Waals surface area contributed by atoms with Gasteiger partial charge in [-0.2, -0.15) is 0 Å². The van der Waals surface area contributed by atoms with Crippen LogP contribution in [-0.2, 0) is 11.3 Å². The molecule has 0 saturated carbocycles. The van der Waals surface area contributed by atoms with Crippen molar-refractivity contribution in [1.29, 1.82) is 0 Å². The highest BCUT2D eigenvalue weighted by Gasteiger charge is 2.05. The maximum absolute atomic E-state index is 11.2. The lowest BCUT2D eigenvalue weighted by Crippen LogP contribution is -2.10. The van der Waals surface area contributed by atoms with Gasteiger partial charge in [-0.15, -0.1) is 0 Å². The van der Waals surface area contributed by atoms with Gasteiger partial charge in [0.05, 0.1) is 5.69 Å². The quantitative estimate of drug-likeness (QED) is 0.845. The van der Waals surface area contributed by atoms with E-state index in [1.54, 1.807) is 6.20 Å². The van der Waals surface area contributed by atoms with Gasteiger partial charge in [0, 0.05) is 25.4 Å². The zero-order chi connectivity index (χ0) is 14.5. The van der Waals surface area contributed by atoms with Crippen molar-refractivity contribution in [2.75, 3.05) is 10.6 Å². The highest BCUT2D eigenvalue weighted by molar-refractivity contribution is 6.31. The number of carbonyl (C=O) groups is 1. The Morgan fingerprint density at radius 3 is 2.80 bits per heavy atom. The molecule has 1 heterocycles. The molecule has 0 aliphatic carbocycles. The van der Waals surface area contributed by atoms with Crippen LogP contribution < -0.4 is 10.6 Å². The van der Waals surface area contributed by atoms with Crippen molar-refractivity contribution in [3.8, 4) is 0 Å². The molecule has 0 unspecified atom stereocenters. The van der Waals surface area contributed by atoms with Gasteiger partial charge in [0.15, 0.2) is 5.15 Å². The fraction of sp³-hybridized carbons (Fsp3) is 0.200. The van der Waals surface area contributed by atoms with Crippen LogP contribution in [0.15, 0.2) is 36.5 Å². The molecule has 0 atom stereocenters. The number of para-hydroxylation sites is 1. The molecule has 1 amide bonds. The van der Waals surface area contributed by atoms with E-state index in [0.29, 0.717) is 11.7 Å². The van der Waals surface area contributed by atoms with Crippen LogP contribution in [0.1, 0.15) is 18.1 Å². The van der Waals surface area contributed by atoms with Gasteiger partial charge in [-0.25, -0.2) is 4.98 Å². The molecule has 2 N–H and O–H groups in total. The van der Waals surface area contributed by atoms with Gasteiger partial charge in [-0.05, 0) is 30.2 Å². The summed E-state index contributed by atoms with van der Waals surface area (Å²) < 4.78 is 0. The number of rotatable bonds is 4. The topological polar surface area (TPSA) is 54.0 Å². The highest BCUT2D eigenvalue weighted by atomic mass is 35.5. The van der Waals surface area contributed by atoms with E-state index in [4.69, 9.17) is 11.6 Å². The molecule has 1 aromatic carbocycles. The molecule has 20 heavy (non-hydrogen) atoms. The van der Waals surface area contributed by atoms with Crippen molar-refractivity contribution < 1.29 is 4.79 Å². The fourth-order valence-electron chi connectivity index (χ4n) is 1.85. The predicted molar refractivity (Wildman–Crippen MR) is 82.1 cm³/mol. The summed E-state index contributed by atoms with van der Waals surface area (Å²) in [4.78, 5) is 15.3. The molecular formula is C15H16ClN3O.